The second-order valence-electron chi connectivity index (χ2n) is 5.30. The molecule has 0 aromatic carbocycles. The molecule has 0 amide bonds. The Morgan fingerprint density at radius 1 is 1.26 bits per heavy atom. The Morgan fingerprint density at radius 3 is 2.32 bits per heavy atom. The van der Waals surface area contributed by atoms with Crippen LogP contribution in [0.1, 0.15) is 53.9 Å². The summed E-state index contributed by atoms with van der Waals surface area (Å²) in [6.45, 7) is 9.49. The summed E-state index contributed by atoms with van der Waals surface area (Å²) in [5.41, 5.74) is 0.490. The van der Waals surface area contributed by atoms with E-state index in [2.05, 4.69) is 4.74 Å². The summed E-state index contributed by atoms with van der Waals surface area (Å²) in [7, 11) is 1.39. The predicted molar refractivity (Wildman–Crippen MR) is 74.6 cm³/mol. The van der Waals surface area contributed by atoms with Crippen molar-refractivity contribution in [1.82, 2.24) is 0 Å². The zero-order valence-corrected chi connectivity index (χ0v) is 12.9. The molecule has 1 rings (SSSR count). The number of ether oxygens (including phenoxy) is 2. The summed E-state index contributed by atoms with van der Waals surface area (Å²) >= 11 is 0. The Bertz CT molecular complexity index is 337. The van der Waals surface area contributed by atoms with Crippen molar-refractivity contribution in [3.63, 3.8) is 0 Å². The van der Waals surface area contributed by atoms with Gasteiger partial charge in [0.1, 0.15) is 5.60 Å². The quantitative estimate of drug-likeness (QED) is 0.571. The van der Waals surface area contributed by atoms with Crippen molar-refractivity contribution in [3.8, 4) is 0 Å². The summed E-state index contributed by atoms with van der Waals surface area (Å²) in [5, 5.41) is 0. The van der Waals surface area contributed by atoms with Gasteiger partial charge in [0.05, 0.1) is 13.0 Å². The standard InChI is InChI=1S/C13H20O4.C2H6/c1-13(2,3)17-11(14)8-9-5-6-10(7-9)12(15)16-4;1-2/h8,10H,5-7H2,1-4H3;1-2H3/b9-8-;. The molecule has 1 atom stereocenters. The predicted octanol–water partition coefficient (Wildman–Crippen LogP) is 3.25. The van der Waals surface area contributed by atoms with Gasteiger partial charge in [0.25, 0.3) is 0 Å². The van der Waals surface area contributed by atoms with Gasteiger partial charge in [0.15, 0.2) is 0 Å². The topological polar surface area (TPSA) is 52.6 Å². The lowest BCUT2D eigenvalue weighted by atomic mass is 10.1. The first kappa shape index (κ1) is 17.7. The van der Waals surface area contributed by atoms with Gasteiger partial charge in [0.2, 0.25) is 0 Å². The van der Waals surface area contributed by atoms with Crippen LogP contribution in [0.5, 0.6) is 0 Å². The van der Waals surface area contributed by atoms with E-state index in [4.69, 9.17) is 4.74 Å². The second kappa shape index (κ2) is 7.97. The zero-order chi connectivity index (χ0) is 15.1. The highest BCUT2D eigenvalue weighted by molar-refractivity contribution is 5.83. The third-order valence-electron chi connectivity index (χ3n) is 2.59. The van der Waals surface area contributed by atoms with Crippen LogP contribution in [0.25, 0.3) is 0 Å². The Hall–Kier alpha value is -1.32. The number of rotatable bonds is 2. The van der Waals surface area contributed by atoms with Gasteiger partial charge in [-0.05, 0) is 40.0 Å². The lowest BCUT2D eigenvalue weighted by Crippen LogP contribution is -2.22. The first-order chi connectivity index (χ1) is 8.81. The molecule has 1 saturated carbocycles. The van der Waals surface area contributed by atoms with Crippen molar-refractivity contribution in [2.75, 3.05) is 7.11 Å². The number of carbonyl (C=O) groups excluding carboxylic acids is 2. The second-order valence-corrected chi connectivity index (χ2v) is 5.30. The van der Waals surface area contributed by atoms with Gasteiger partial charge in [-0.2, -0.15) is 0 Å². The minimum absolute atomic E-state index is 0.103. The Labute approximate surface area is 116 Å². The van der Waals surface area contributed by atoms with Crippen molar-refractivity contribution >= 4 is 11.9 Å². The normalized spacial score (nSPS) is 20.5. The van der Waals surface area contributed by atoms with Crippen LogP contribution in [-0.2, 0) is 19.1 Å². The fourth-order valence-corrected chi connectivity index (χ4v) is 1.88. The third kappa shape index (κ3) is 6.99. The molecule has 1 fully saturated rings. The summed E-state index contributed by atoms with van der Waals surface area (Å²) in [6, 6.07) is 0. The Balaban J connectivity index is 0.00000154. The van der Waals surface area contributed by atoms with Gasteiger partial charge < -0.3 is 9.47 Å². The molecule has 0 saturated heterocycles. The summed E-state index contributed by atoms with van der Waals surface area (Å²) < 4.78 is 9.88. The highest BCUT2D eigenvalue weighted by Crippen LogP contribution is 2.31. The molecule has 1 aliphatic carbocycles. The minimum Gasteiger partial charge on any atom is -0.469 e. The van der Waals surface area contributed by atoms with E-state index in [1.807, 2.05) is 34.6 Å². The van der Waals surface area contributed by atoms with Crippen LogP contribution < -0.4 is 0 Å². The Kier molecular flexibility index (Phi) is 7.42. The van der Waals surface area contributed by atoms with Gasteiger partial charge in [-0.25, -0.2) is 4.79 Å². The van der Waals surface area contributed by atoms with Crippen molar-refractivity contribution in [2.24, 2.45) is 5.92 Å². The number of allylic oxidation sites excluding steroid dienone is 1. The van der Waals surface area contributed by atoms with Gasteiger partial charge in [0, 0.05) is 6.08 Å². The highest BCUT2D eigenvalue weighted by Gasteiger charge is 2.27. The van der Waals surface area contributed by atoms with Gasteiger partial charge in [-0.3, -0.25) is 4.79 Å². The first-order valence-corrected chi connectivity index (χ1v) is 6.82. The monoisotopic (exact) mass is 270 g/mol. The smallest absolute Gasteiger partial charge is 0.331 e. The molecule has 0 aliphatic heterocycles. The van der Waals surface area contributed by atoms with Gasteiger partial charge in [-0.15, -0.1) is 0 Å². The SMILES string of the molecule is CC.COC(=O)C1CC/C(=C/C(=O)OC(C)(C)C)C1. The van der Waals surface area contributed by atoms with E-state index in [0.29, 0.717) is 6.42 Å². The van der Waals surface area contributed by atoms with Crippen LogP contribution in [0.4, 0.5) is 0 Å². The molecule has 0 aromatic rings. The molecule has 0 heterocycles. The molecular formula is C15H26O4. The molecule has 1 unspecified atom stereocenters. The zero-order valence-electron chi connectivity index (χ0n) is 12.9. The van der Waals surface area contributed by atoms with Crippen LogP contribution >= 0.6 is 0 Å². The average molecular weight is 270 g/mol. The van der Waals surface area contributed by atoms with E-state index in [-0.39, 0.29) is 17.9 Å². The lowest BCUT2D eigenvalue weighted by molar-refractivity contribution is -0.149. The first-order valence-electron chi connectivity index (χ1n) is 6.82. The maximum atomic E-state index is 11.5. The summed E-state index contributed by atoms with van der Waals surface area (Å²) in [6.07, 6.45) is 3.63. The average Bonchev–Trinajstić information content (AvgIpc) is 2.76. The van der Waals surface area contributed by atoms with Gasteiger partial charge in [-0.1, -0.05) is 19.4 Å². The van der Waals surface area contributed by atoms with Crippen LogP contribution in [0.3, 0.4) is 0 Å². The van der Waals surface area contributed by atoms with E-state index >= 15 is 0 Å². The summed E-state index contributed by atoms with van der Waals surface area (Å²) in [5.74, 6) is -0.635. The molecule has 0 bridgehead atoms. The number of hydrogen-bond donors (Lipinski definition) is 0. The fraction of sp³-hybridized carbons (Fsp3) is 0.733. The number of carbonyl (C=O) groups is 2. The van der Waals surface area contributed by atoms with Crippen LogP contribution in [0.2, 0.25) is 0 Å². The molecule has 19 heavy (non-hydrogen) atoms. The third-order valence-corrected chi connectivity index (χ3v) is 2.59. The van der Waals surface area contributed by atoms with Crippen molar-refractivity contribution in [3.05, 3.63) is 11.6 Å². The minimum atomic E-state index is -0.478. The molecule has 4 heteroatoms. The Morgan fingerprint density at radius 2 is 1.84 bits per heavy atom. The molecule has 4 nitrogen and oxygen atoms in total. The largest absolute Gasteiger partial charge is 0.469 e. The lowest BCUT2D eigenvalue weighted by Gasteiger charge is -2.18. The summed E-state index contributed by atoms with van der Waals surface area (Å²) in [4.78, 5) is 22.9. The molecule has 0 aromatic heterocycles. The van der Waals surface area contributed by atoms with E-state index in [1.165, 1.54) is 13.2 Å². The van der Waals surface area contributed by atoms with Crippen molar-refractivity contribution < 1.29 is 19.1 Å². The number of esters is 2. The number of hydrogen-bond acceptors (Lipinski definition) is 4. The highest BCUT2D eigenvalue weighted by atomic mass is 16.6. The van der Waals surface area contributed by atoms with E-state index < -0.39 is 5.60 Å². The van der Waals surface area contributed by atoms with Crippen LogP contribution in [0, 0.1) is 5.92 Å². The fourth-order valence-electron chi connectivity index (χ4n) is 1.88. The maximum Gasteiger partial charge on any atom is 0.331 e. The van der Waals surface area contributed by atoms with E-state index in [0.717, 1.165) is 18.4 Å². The van der Waals surface area contributed by atoms with E-state index in [1.54, 1.807) is 0 Å². The molecule has 0 N–H and O–H groups in total. The van der Waals surface area contributed by atoms with Crippen LogP contribution in [-0.4, -0.2) is 24.6 Å². The van der Waals surface area contributed by atoms with Crippen LogP contribution in [0.15, 0.2) is 11.6 Å². The molecule has 0 radical (unpaired) electrons. The molecule has 1 aliphatic rings. The van der Waals surface area contributed by atoms with Crippen molar-refractivity contribution in [2.45, 2.75) is 59.5 Å². The van der Waals surface area contributed by atoms with E-state index in [9.17, 15) is 9.59 Å². The van der Waals surface area contributed by atoms with Crippen molar-refractivity contribution in [1.29, 1.82) is 0 Å². The molecular weight excluding hydrogens is 244 g/mol. The van der Waals surface area contributed by atoms with Gasteiger partial charge >= 0.3 is 11.9 Å². The number of methoxy groups -OCH3 is 1. The molecule has 110 valence electrons. The molecule has 0 spiro atoms. The maximum absolute atomic E-state index is 11.5.